The monoisotopic (exact) mass is 770 g/mol. The molecule has 0 heterocycles. The Labute approximate surface area is 324 Å². The molecule has 3 aromatic rings. The van der Waals surface area contributed by atoms with E-state index in [0.717, 1.165) is 22.8 Å². The van der Waals surface area contributed by atoms with E-state index in [1.165, 1.54) is 24.3 Å². The van der Waals surface area contributed by atoms with Crippen molar-refractivity contribution in [3.63, 3.8) is 0 Å². The molecular weight excluding hydrogens is 720 g/mol. The highest BCUT2D eigenvalue weighted by atomic mass is 16.4. The maximum absolute atomic E-state index is 14.2. The third-order valence-electron chi connectivity index (χ3n) is 10.6. The summed E-state index contributed by atoms with van der Waals surface area (Å²) >= 11 is 0. The largest absolute Gasteiger partial charge is 0.481 e. The number of carbonyl (C=O) groups excluding carboxylic acids is 4. The van der Waals surface area contributed by atoms with Crippen LogP contribution in [0.4, 0.5) is 0 Å². The Morgan fingerprint density at radius 1 is 0.821 bits per heavy atom. The van der Waals surface area contributed by atoms with Gasteiger partial charge in [0.05, 0.1) is 18.8 Å². The number of hydrogen-bond donors (Lipinski definition) is 7. The molecule has 1 fully saturated rings. The number of nitrogens with two attached hydrogens (primary N) is 1. The second-order valence-electron chi connectivity index (χ2n) is 14.6. The zero-order valence-electron chi connectivity index (χ0n) is 31.4. The number of primary amides is 1. The van der Waals surface area contributed by atoms with E-state index >= 15 is 0 Å². The Bertz CT molecular complexity index is 1920. The Hall–Kier alpha value is -6.05. The fraction of sp³-hybridized carbons (Fsp3) is 0.405. The number of rotatable bonds is 20. The lowest BCUT2D eigenvalue weighted by atomic mass is 9.78. The lowest BCUT2D eigenvalue weighted by Gasteiger charge is -2.39. The number of fused-ring (bicyclic) bond motifs is 1. The average Bonchev–Trinajstić information content (AvgIpc) is 3.15. The van der Waals surface area contributed by atoms with Crippen molar-refractivity contribution in [1.82, 2.24) is 16.0 Å². The van der Waals surface area contributed by atoms with Gasteiger partial charge >= 0.3 is 17.9 Å². The molecular formula is C42H50N4O10. The van der Waals surface area contributed by atoms with E-state index in [0.29, 0.717) is 31.2 Å². The minimum atomic E-state index is -1.81. The number of nitrogens with one attached hydrogen (secondary N) is 3. The summed E-state index contributed by atoms with van der Waals surface area (Å²) in [6, 6.07) is 18.2. The highest BCUT2D eigenvalue weighted by Gasteiger charge is 2.44. The van der Waals surface area contributed by atoms with E-state index in [1.807, 2.05) is 42.5 Å². The van der Waals surface area contributed by atoms with E-state index in [9.17, 15) is 48.9 Å². The van der Waals surface area contributed by atoms with Gasteiger partial charge in [-0.15, -0.1) is 6.58 Å². The van der Waals surface area contributed by atoms with E-state index in [-0.39, 0.29) is 30.9 Å². The summed E-state index contributed by atoms with van der Waals surface area (Å²) in [5.41, 5.74) is 5.53. The highest BCUT2D eigenvalue weighted by molar-refractivity contribution is 5.99. The number of hydrogen-bond acceptors (Lipinski definition) is 7. The smallest absolute Gasteiger partial charge is 0.322 e. The lowest BCUT2D eigenvalue weighted by molar-refractivity contribution is -0.150. The molecule has 0 saturated heterocycles. The molecule has 0 aliphatic heterocycles. The van der Waals surface area contributed by atoms with Gasteiger partial charge < -0.3 is 37.0 Å². The summed E-state index contributed by atoms with van der Waals surface area (Å²) in [4.78, 5) is 89.0. The van der Waals surface area contributed by atoms with Crippen LogP contribution in [0.3, 0.4) is 0 Å². The number of carboxylic acid groups (broad SMARTS) is 3. The van der Waals surface area contributed by atoms with E-state index in [2.05, 4.69) is 22.5 Å². The van der Waals surface area contributed by atoms with Gasteiger partial charge in [-0.05, 0) is 65.0 Å². The Morgan fingerprint density at radius 2 is 1.45 bits per heavy atom. The van der Waals surface area contributed by atoms with Crippen molar-refractivity contribution in [3.8, 4) is 0 Å². The van der Waals surface area contributed by atoms with Crippen molar-refractivity contribution >= 4 is 52.3 Å². The molecule has 4 unspecified atom stereocenters. The molecule has 4 amide bonds. The second-order valence-corrected chi connectivity index (χ2v) is 14.6. The number of carbonyl (C=O) groups is 7. The third-order valence-corrected chi connectivity index (χ3v) is 10.6. The number of benzene rings is 3. The fourth-order valence-corrected chi connectivity index (χ4v) is 7.52. The standard InChI is InChI=1S/C42H50N4O10/c1-3-10-26(21-30-13-9-12-28-11-5-6-14-31(28)30)24-44-38(51)33(23-34(43)47)45-41(56)42(19-7-4-8-20-42)46-37(50)32(22-35(48)49)25(2)27-15-17-29(18-16-27)36(39(52)53)40(54)55/h3,5-6,9,11-18,25-26,32-33,36H,1,4,7-8,10,19-24H2,2H3,(H2,43,47)(H,44,51)(H,45,56)(H,46,50)(H,48,49)(H,52,53)(H,54,55). The molecule has 4 atom stereocenters. The summed E-state index contributed by atoms with van der Waals surface area (Å²) in [6.07, 6.45) is 4.10. The van der Waals surface area contributed by atoms with Crippen LogP contribution in [0.2, 0.25) is 0 Å². The van der Waals surface area contributed by atoms with Crippen LogP contribution in [0, 0.1) is 11.8 Å². The van der Waals surface area contributed by atoms with Gasteiger partial charge in [-0.25, -0.2) is 0 Å². The van der Waals surface area contributed by atoms with Gasteiger partial charge in [0.15, 0.2) is 5.92 Å². The first-order valence-electron chi connectivity index (χ1n) is 18.7. The van der Waals surface area contributed by atoms with Crippen molar-refractivity contribution in [2.75, 3.05) is 6.54 Å². The third kappa shape index (κ3) is 11.0. The van der Waals surface area contributed by atoms with Gasteiger partial charge in [0.2, 0.25) is 23.6 Å². The van der Waals surface area contributed by atoms with Gasteiger partial charge in [0.25, 0.3) is 0 Å². The number of amides is 4. The first kappa shape index (κ1) is 42.7. The molecule has 14 heteroatoms. The van der Waals surface area contributed by atoms with E-state index < -0.39 is 83.7 Å². The quantitative estimate of drug-likeness (QED) is 0.0643. The van der Waals surface area contributed by atoms with Crippen LogP contribution in [0.15, 0.2) is 79.4 Å². The molecule has 1 aliphatic rings. The maximum Gasteiger partial charge on any atom is 0.322 e. The molecule has 298 valence electrons. The first-order valence-corrected chi connectivity index (χ1v) is 18.7. The molecule has 3 aromatic carbocycles. The first-order chi connectivity index (χ1) is 26.6. The lowest BCUT2D eigenvalue weighted by Crippen LogP contribution is -2.64. The van der Waals surface area contributed by atoms with Crippen molar-refractivity contribution in [2.24, 2.45) is 17.6 Å². The number of carboxylic acids is 3. The minimum absolute atomic E-state index is 0.00592. The van der Waals surface area contributed by atoms with Crippen LogP contribution in [-0.2, 0) is 40.0 Å². The van der Waals surface area contributed by atoms with Crippen molar-refractivity contribution < 1.29 is 48.9 Å². The maximum atomic E-state index is 14.2. The summed E-state index contributed by atoms with van der Waals surface area (Å²) < 4.78 is 0. The SMILES string of the molecule is C=CCC(CNC(=O)C(CC(N)=O)NC(=O)C1(NC(=O)C(CC(=O)O)C(C)c2ccc(C(C(=O)O)C(=O)O)cc2)CCCCC1)Cc1cccc2ccccc12. The zero-order valence-corrected chi connectivity index (χ0v) is 31.4. The predicted molar refractivity (Wildman–Crippen MR) is 207 cm³/mol. The van der Waals surface area contributed by atoms with Crippen LogP contribution in [-0.4, -0.2) is 75.0 Å². The van der Waals surface area contributed by atoms with Gasteiger partial charge in [0, 0.05) is 6.54 Å². The van der Waals surface area contributed by atoms with Gasteiger partial charge in [-0.2, -0.15) is 0 Å². The molecule has 4 rings (SSSR count). The Balaban J connectivity index is 1.52. The summed E-state index contributed by atoms with van der Waals surface area (Å²) in [6.45, 7) is 5.69. The molecule has 0 bridgehead atoms. The molecule has 1 saturated carbocycles. The van der Waals surface area contributed by atoms with Crippen LogP contribution in [0.25, 0.3) is 10.8 Å². The molecule has 0 radical (unpaired) electrons. The average molecular weight is 771 g/mol. The predicted octanol–water partition coefficient (Wildman–Crippen LogP) is 4.02. The molecule has 0 spiro atoms. The van der Waals surface area contributed by atoms with Crippen molar-refractivity contribution in [1.29, 1.82) is 0 Å². The van der Waals surface area contributed by atoms with Crippen molar-refractivity contribution in [2.45, 2.75) is 88.1 Å². The molecule has 8 N–H and O–H groups in total. The Morgan fingerprint density at radius 3 is 2.05 bits per heavy atom. The Kier molecular flexibility index (Phi) is 14.9. The molecule has 0 aromatic heterocycles. The summed E-state index contributed by atoms with van der Waals surface area (Å²) in [5.74, 6) is -11.1. The van der Waals surface area contributed by atoms with E-state index in [4.69, 9.17) is 5.73 Å². The molecule has 56 heavy (non-hydrogen) atoms. The highest BCUT2D eigenvalue weighted by Crippen LogP contribution is 2.33. The second kappa shape index (κ2) is 19.5. The van der Waals surface area contributed by atoms with Crippen molar-refractivity contribution in [3.05, 3.63) is 96.1 Å². The van der Waals surface area contributed by atoms with Crippen LogP contribution in [0.1, 0.15) is 86.8 Å². The van der Waals surface area contributed by atoms with Crippen LogP contribution in [0.5, 0.6) is 0 Å². The topological polar surface area (TPSA) is 242 Å². The van der Waals surface area contributed by atoms with Gasteiger partial charge in [-0.1, -0.05) is 99.0 Å². The number of allylic oxidation sites excluding steroid dienone is 1. The minimum Gasteiger partial charge on any atom is -0.481 e. The van der Waals surface area contributed by atoms with Crippen LogP contribution < -0.4 is 21.7 Å². The number of aliphatic carboxylic acids is 3. The summed E-state index contributed by atoms with van der Waals surface area (Å²) in [7, 11) is 0. The van der Waals surface area contributed by atoms with Gasteiger partial charge in [-0.3, -0.25) is 33.6 Å². The normalized spacial score (nSPS) is 15.8. The summed E-state index contributed by atoms with van der Waals surface area (Å²) in [5, 5.41) is 39.0. The molecule has 1 aliphatic carbocycles. The van der Waals surface area contributed by atoms with E-state index in [1.54, 1.807) is 13.0 Å². The zero-order chi connectivity index (χ0) is 41.0. The fourth-order valence-electron chi connectivity index (χ4n) is 7.52. The molecule has 14 nitrogen and oxygen atoms in total. The van der Waals surface area contributed by atoms with Gasteiger partial charge in [0.1, 0.15) is 11.6 Å². The van der Waals surface area contributed by atoms with Crippen LogP contribution >= 0.6 is 0 Å².